The molecule has 0 radical (unpaired) electrons. The smallest absolute Gasteiger partial charge is 0.227 e. The minimum absolute atomic E-state index is 0.0427. The Morgan fingerprint density at radius 2 is 2.18 bits per heavy atom. The number of nitriles is 1. The summed E-state index contributed by atoms with van der Waals surface area (Å²) in [5, 5.41) is 12.0. The normalized spacial score (nSPS) is 9.76. The number of halogens is 1. The number of nitrogens with one attached hydrogen (secondary N) is 1. The van der Waals surface area contributed by atoms with Gasteiger partial charge in [0, 0.05) is 11.8 Å². The van der Waals surface area contributed by atoms with Crippen LogP contribution < -0.4 is 5.32 Å². The lowest BCUT2D eigenvalue weighted by Gasteiger charge is -1.99. The van der Waals surface area contributed by atoms with Crippen LogP contribution in [0.4, 0.5) is 5.88 Å². The van der Waals surface area contributed by atoms with Crippen molar-refractivity contribution in [2.24, 2.45) is 0 Å². The molecule has 0 spiro atoms. The van der Waals surface area contributed by atoms with E-state index in [2.05, 4.69) is 21.2 Å². The molecule has 1 heterocycles. The third kappa shape index (κ3) is 2.94. The van der Waals surface area contributed by atoms with Gasteiger partial charge in [-0.2, -0.15) is 5.26 Å². The van der Waals surface area contributed by atoms with Gasteiger partial charge in [-0.25, -0.2) is 0 Å². The van der Waals surface area contributed by atoms with Crippen molar-refractivity contribution in [3.8, 4) is 6.07 Å². The maximum Gasteiger partial charge on any atom is 0.227 e. The molecule has 1 aromatic heterocycles. The Balaban J connectivity index is 3.10. The van der Waals surface area contributed by atoms with E-state index in [-0.39, 0.29) is 35.1 Å². The number of carbonyl (C=O) groups is 2. The van der Waals surface area contributed by atoms with E-state index in [1.54, 1.807) is 6.92 Å². The summed E-state index contributed by atoms with van der Waals surface area (Å²) in [4.78, 5) is 22.7. The minimum atomic E-state index is -0.276. The Kier molecular flexibility index (Phi) is 4.46. The third-order valence-electron chi connectivity index (χ3n) is 2.12. The fourth-order valence-corrected chi connectivity index (χ4v) is 1.80. The molecule has 1 rings (SSSR count). The fourth-order valence-electron chi connectivity index (χ4n) is 1.44. The van der Waals surface area contributed by atoms with Crippen LogP contribution in [0.5, 0.6) is 0 Å². The highest BCUT2D eigenvalue weighted by Gasteiger charge is 2.21. The highest BCUT2D eigenvalue weighted by atomic mass is 79.9. The van der Waals surface area contributed by atoms with E-state index in [4.69, 9.17) is 9.68 Å². The zero-order chi connectivity index (χ0) is 13.0. The van der Waals surface area contributed by atoms with Gasteiger partial charge in [0.15, 0.2) is 5.78 Å². The lowest BCUT2D eigenvalue weighted by molar-refractivity contribution is -0.115. The molecule has 0 aliphatic heterocycles. The topological polar surface area (TPSA) is 83.1 Å². The van der Waals surface area contributed by atoms with Gasteiger partial charge in [0.1, 0.15) is 17.4 Å². The number of rotatable bonds is 4. The van der Waals surface area contributed by atoms with Gasteiger partial charge in [0.2, 0.25) is 11.8 Å². The number of alkyl halides is 1. The van der Waals surface area contributed by atoms with E-state index in [0.29, 0.717) is 11.1 Å². The Morgan fingerprint density at radius 3 is 2.65 bits per heavy atom. The van der Waals surface area contributed by atoms with Crippen molar-refractivity contribution >= 4 is 33.5 Å². The summed E-state index contributed by atoms with van der Waals surface area (Å²) < 4.78 is 5.22. The van der Waals surface area contributed by atoms with Crippen LogP contribution in [0.1, 0.15) is 35.0 Å². The average molecular weight is 299 g/mol. The number of amides is 1. The molecule has 0 atom stereocenters. The van der Waals surface area contributed by atoms with Gasteiger partial charge in [-0.15, -0.1) is 0 Å². The summed E-state index contributed by atoms with van der Waals surface area (Å²) in [6.45, 7) is 2.93. The predicted molar refractivity (Wildman–Crippen MR) is 65.2 cm³/mol. The van der Waals surface area contributed by atoms with Gasteiger partial charge in [-0.1, -0.05) is 15.9 Å². The first-order valence-corrected chi connectivity index (χ1v) is 6.03. The van der Waals surface area contributed by atoms with Crippen molar-refractivity contribution < 1.29 is 14.0 Å². The van der Waals surface area contributed by atoms with Gasteiger partial charge >= 0.3 is 0 Å². The van der Waals surface area contributed by atoms with E-state index in [1.807, 2.05) is 6.07 Å². The number of hydrogen-bond acceptors (Lipinski definition) is 4. The second-order valence-corrected chi connectivity index (χ2v) is 4.19. The summed E-state index contributed by atoms with van der Waals surface area (Å²) in [6.07, 6.45) is 0.264. The number of nitrogens with zero attached hydrogens (tertiary/aromatic N) is 1. The van der Waals surface area contributed by atoms with Gasteiger partial charge < -0.3 is 4.42 Å². The summed E-state index contributed by atoms with van der Waals surface area (Å²) in [5.74, 6) is -0.157. The molecule has 0 saturated carbocycles. The molecule has 1 amide bonds. The number of hydrogen-bond donors (Lipinski definition) is 1. The molecule has 0 aliphatic rings. The third-order valence-corrected chi connectivity index (χ3v) is 2.52. The van der Waals surface area contributed by atoms with Gasteiger partial charge in [0.25, 0.3) is 0 Å². The monoisotopic (exact) mass is 298 g/mol. The minimum Gasteiger partial charge on any atom is -0.443 e. The molecule has 0 aliphatic carbocycles. The molecule has 0 unspecified atom stereocenters. The van der Waals surface area contributed by atoms with E-state index in [1.165, 1.54) is 6.92 Å². The van der Waals surface area contributed by atoms with E-state index in [0.717, 1.165) is 0 Å². The first kappa shape index (κ1) is 13.5. The Hall–Kier alpha value is -1.61. The molecule has 6 heteroatoms. The molecule has 17 heavy (non-hydrogen) atoms. The van der Waals surface area contributed by atoms with Crippen LogP contribution in [0.15, 0.2) is 4.42 Å². The molecule has 0 bridgehead atoms. The maximum absolute atomic E-state index is 11.4. The summed E-state index contributed by atoms with van der Waals surface area (Å²) in [7, 11) is 0. The van der Waals surface area contributed by atoms with Crippen LogP contribution in [0.25, 0.3) is 0 Å². The molecular formula is C11H11BrN2O3. The van der Waals surface area contributed by atoms with Crippen LogP contribution in [0.2, 0.25) is 0 Å². The maximum atomic E-state index is 11.4. The van der Waals surface area contributed by atoms with Gasteiger partial charge in [0.05, 0.1) is 5.56 Å². The van der Waals surface area contributed by atoms with Crippen molar-refractivity contribution in [2.45, 2.75) is 20.3 Å². The standard InChI is InChI=1S/C11H11BrN2O3/c1-6(15)10-7(2)17-11(8(10)5-13)14-9(16)3-4-12/h3-4H2,1-2H3,(H,14,16). The van der Waals surface area contributed by atoms with E-state index >= 15 is 0 Å². The quantitative estimate of drug-likeness (QED) is 0.683. The number of anilines is 1. The van der Waals surface area contributed by atoms with Gasteiger partial charge in [-0.05, 0) is 13.8 Å². The number of ketones is 1. The predicted octanol–water partition coefficient (Wildman–Crippen LogP) is 2.39. The number of aryl methyl sites for hydroxylation is 1. The van der Waals surface area contributed by atoms with E-state index < -0.39 is 0 Å². The Morgan fingerprint density at radius 1 is 1.53 bits per heavy atom. The van der Waals surface area contributed by atoms with Crippen LogP contribution in [-0.2, 0) is 4.79 Å². The largest absolute Gasteiger partial charge is 0.443 e. The summed E-state index contributed by atoms with van der Waals surface area (Å²) in [5.41, 5.74) is 0.305. The highest BCUT2D eigenvalue weighted by Crippen LogP contribution is 2.26. The van der Waals surface area contributed by atoms with E-state index in [9.17, 15) is 9.59 Å². The SMILES string of the molecule is CC(=O)c1c(C)oc(NC(=O)CCBr)c1C#N. The lowest BCUT2D eigenvalue weighted by Crippen LogP contribution is -2.12. The first-order valence-electron chi connectivity index (χ1n) is 4.91. The van der Waals surface area contributed by atoms with Crippen molar-refractivity contribution in [1.82, 2.24) is 0 Å². The lowest BCUT2D eigenvalue weighted by atomic mass is 10.1. The molecule has 5 nitrogen and oxygen atoms in total. The van der Waals surface area contributed by atoms with Crippen LogP contribution in [0.3, 0.4) is 0 Å². The number of carbonyl (C=O) groups excluding carboxylic acids is 2. The second kappa shape index (κ2) is 5.64. The van der Waals surface area contributed by atoms with Crippen LogP contribution >= 0.6 is 15.9 Å². The summed E-state index contributed by atoms with van der Waals surface area (Å²) >= 11 is 3.13. The summed E-state index contributed by atoms with van der Waals surface area (Å²) in [6, 6.07) is 1.87. The van der Waals surface area contributed by atoms with Crippen LogP contribution in [0, 0.1) is 18.3 Å². The Labute approximate surface area is 107 Å². The zero-order valence-electron chi connectivity index (χ0n) is 9.46. The zero-order valence-corrected chi connectivity index (χ0v) is 11.1. The Bertz CT molecular complexity index is 500. The fraction of sp³-hybridized carbons (Fsp3) is 0.364. The molecule has 1 N–H and O–H groups in total. The van der Waals surface area contributed by atoms with Crippen molar-refractivity contribution in [3.05, 3.63) is 16.9 Å². The van der Waals surface area contributed by atoms with Gasteiger partial charge in [-0.3, -0.25) is 14.9 Å². The molecule has 90 valence electrons. The first-order chi connectivity index (χ1) is 8.01. The van der Waals surface area contributed by atoms with Crippen molar-refractivity contribution in [3.63, 3.8) is 0 Å². The highest BCUT2D eigenvalue weighted by molar-refractivity contribution is 9.09. The molecule has 0 aromatic carbocycles. The van der Waals surface area contributed by atoms with Crippen molar-refractivity contribution in [2.75, 3.05) is 10.6 Å². The molecule has 0 saturated heterocycles. The van der Waals surface area contributed by atoms with Crippen LogP contribution in [-0.4, -0.2) is 17.0 Å². The average Bonchev–Trinajstić information content (AvgIpc) is 2.54. The second-order valence-electron chi connectivity index (χ2n) is 3.39. The molecule has 0 fully saturated rings. The number of furan rings is 1. The van der Waals surface area contributed by atoms with Crippen molar-refractivity contribution in [1.29, 1.82) is 5.26 Å². The molecular weight excluding hydrogens is 288 g/mol. The number of Topliss-reactive ketones (excluding diaryl/α,β-unsaturated/α-hetero) is 1. The molecule has 1 aromatic rings.